The lowest BCUT2D eigenvalue weighted by Gasteiger charge is -2.28. The van der Waals surface area contributed by atoms with Gasteiger partial charge in [-0.3, -0.25) is 14.4 Å². The zero-order valence-electron chi connectivity index (χ0n) is 20.0. The van der Waals surface area contributed by atoms with Crippen LogP contribution in [0.4, 0.5) is 5.69 Å². The molecule has 1 unspecified atom stereocenters. The number of imide groups is 1. The second-order valence-corrected chi connectivity index (χ2v) is 8.94. The molecule has 0 radical (unpaired) electrons. The number of ether oxygens (including phenoxy) is 1. The number of hydrogen-bond acceptors (Lipinski definition) is 4. The van der Waals surface area contributed by atoms with Crippen molar-refractivity contribution in [3.63, 3.8) is 0 Å². The SMILES string of the molecule is CCOc1ccc(N2C(=O)CC(N(CCC3=CCCCC3)C(=O)c3ccc(C)cc3)C2=O)cc1. The van der Waals surface area contributed by atoms with Crippen LogP contribution in [0.5, 0.6) is 5.75 Å². The van der Waals surface area contributed by atoms with Crippen LogP contribution in [-0.4, -0.2) is 41.8 Å². The number of hydrogen-bond donors (Lipinski definition) is 0. The van der Waals surface area contributed by atoms with Gasteiger partial charge in [-0.25, -0.2) is 4.90 Å². The van der Waals surface area contributed by atoms with E-state index in [4.69, 9.17) is 4.74 Å². The van der Waals surface area contributed by atoms with E-state index in [0.717, 1.165) is 31.2 Å². The number of amides is 3. The molecule has 0 saturated carbocycles. The fraction of sp³-hybridized carbons (Fsp3) is 0.393. The highest BCUT2D eigenvalue weighted by molar-refractivity contribution is 6.23. The summed E-state index contributed by atoms with van der Waals surface area (Å²) in [4.78, 5) is 42.8. The maximum atomic E-state index is 13.5. The zero-order chi connectivity index (χ0) is 24.1. The highest BCUT2D eigenvalue weighted by Gasteiger charge is 2.44. The predicted octanol–water partition coefficient (Wildman–Crippen LogP) is 5.06. The molecule has 6 heteroatoms. The number of nitrogens with zero attached hydrogens (tertiary/aromatic N) is 2. The standard InChI is InChI=1S/C28H32N2O4/c1-3-34-24-15-13-23(14-16-24)30-26(31)19-25(28(30)33)29(18-17-21-7-5-4-6-8-21)27(32)22-11-9-20(2)10-12-22/h7,9-16,25H,3-6,8,17-19H2,1-2H3. The van der Waals surface area contributed by atoms with Crippen molar-refractivity contribution >= 4 is 23.4 Å². The van der Waals surface area contributed by atoms with Gasteiger partial charge in [0.2, 0.25) is 5.91 Å². The van der Waals surface area contributed by atoms with Gasteiger partial charge in [-0.2, -0.15) is 0 Å². The Kier molecular flexibility index (Phi) is 7.46. The van der Waals surface area contributed by atoms with E-state index >= 15 is 0 Å². The van der Waals surface area contributed by atoms with E-state index in [-0.39, 0.29) is 24.1 Å². The molecule has 1 atom stereocenters. The highest BCUT2D eigenvalue weighted by atomic mass is 16.5. The van der Waals surface area contributed by atoms with E-state index in [0.29, 0.717) is 30.2 Å². The molecule has 178 valence electrons. The van der Waals surface area contributed by atoms with Gasteiger partial charge < -0.3 is 9.64 Å². The summed E-state index contributed by atoms with van der Waals surface area (Å²) in [5, 5.41) is 0. The zero-order valence-corrected chi connectivity index (χ0v) is 20.0. The molecule has 4 rings (SSSR count). The van der Waals surface area contributed by atoms with E-state index in [1.807, 2.05) is 26.0 Å². The average Bonchev–Trinajstić information content (AvgIpc) is 3.14. The Balaban J connectivity index is 1.58. The van der Waals surface area contributed by atoms with Crippen molar-refractivity contribution in [1.82, 2.24) is 4.90 Å². The normalized spacial score (nSPS) is 18.1. The Morgan fingerprint density at radius 2 is 1.79 bits per heavy atom. The summed E-state index contributed by atoms with van der Waals surface area (Å²) >= 11 is 0. The first-order chi connectivity index (χ1) is 16.5. The van der Waals surface area contributed by atoms with E-state index in [1.165, 1.54) is 16.9 Å². The summed E-state index contributed by atoms with van der Waals surface area (Å²) in [6.45, 7) is 4.82. The van der Waals surface area contributed by atoms with Crippen LogP contribution in [0.2, 0.25) is 0 Å². The maximum Gasteiger partial charge on any atom is 0.257 e. The minimum atomic E-state index is -0.808. The van der Waals surface area contributed by atoms with Gasteiger partial charge in [-0.1, -0.05) is 29.3 Å². The quantitative estimate of drug-likeness (QED) is 0.408. The van der Waals surface area contributed by atoms with Crippen molar-refractivity contribution in [2.24, 2.45) is 0 Å². The maximum absolute atomic E-state index is 13.5. The molecule has 1 aliphatic heterocycles. The number of rotatable bonds is 8. The molecule has 1 saturated heterocycles. The Morgan fingerprint density at radius 1 is 1.06 bits per heavy atom. The lowest BCUT2D eigenvalue weighted by atomic mass is 9.96. The van der Waals surface area contributed by atoms with Crippen LogP contribution in [0.3, 0.4) is 0 Å². The van der Waals surface area contributed by atoms with Gasteiger partial charge in [0, 0.05) is 12.1 Å². The predicted molar refractivity (Wildman–Crippen MR) is 132 cm³/mol. The van der Waals surface area contributed by atoms with Gasteiger partial charge in [0.1, 0.15) is 11.8 Å². The lowest BCUT2D eigenvalue weighted by molar-refractivity contribution is -0.122. The van der Waals surface area contributed by atoms with Crippen LogP contribution in [0, 0.1) is 6.92 Å². The van der Waals surface area contributed by atoms with Crippen molar-refractivity contribution in [3.8, 4) is 5.75 Å². The first-order valence-electron chi connectivity index (χ1n) is 12.1. The first-order valence-corrected chi connectivity index (χ1v) is 12.1. The number of carbonyl (C=O) groups excluding carboxylic acids is 3. The van der Waals surface area contributed by atoms with E-state index in [1.54, 1.807) is 41.3 Å². The fourth-order valence-corrected chi connectivity index (χ4v) is 4.65. The van der Waals surface area contributed by atoms with E-state index < -0.39 is 6.04 Å². The molecule has 1 aliphatic carbocycles. The Morgan fingerprint density at radius 3 is 2.44 bits per heavy atom. The summed E-state index contributed by atoms with van der Waals surface area (Å²) in [5.74, 6) is -0.181. The monoisotopic (exact) mass is 460 g/mol. The summed E-state index contributed by atoms with van der Waals surface area (Å²) in [6, 6.07) is 13.5. The summed E-state index contributed by atoms with van der Waals surface area (Å²) in [5.41, 5.74) is 3.42. The highest BCUT2D eigenvalue weighted by Crippen LogP contribution is 2.29. The molecule has 34 heavy (non-hydrogen) atoms. The third kappa shape index (κ3) is 5.22. The average molecular weight is 461 g/mol. The van der Waals surface area contributed by atoms with Gasteiger partial charge in [0.05, 0.1) is 18.7 Å². The topological polar surface area (TPSA) is 66.9 Å². The molecule has 2 aliphatic rings. The van der Waals surface area contributed by atoms with Crippen LogP contribution < -0.4 is 9.64 Å². The number of allylic oxidation sites excluding steroid dienone is 1. The molecule has 0 bridgehead atoms. The Bertz CT molecular complexity index is 1070. The van der Waals surface area contributed by atoms with Crippen LogP contribution in [-0.2, 0) is 9.59 Å². The molecular formula is C28H32N2O4. The van der Waals surface area contributed by atoms with Gasteiger partial charge >= 0.3 is 0 Å². The second kappa shape index (κ2) is 10.7. The van der Waals surface area contributed by atoms with Crippen molar-refractivity contribution in [1.29, 1.82) is 0 Å². The molecule has 2 aromatic carbocycles. The van der Waals surface area contributed by atoms with Crippen LogP contribution in [0.25, 0.3) is 0 Å². The number of carbonyl (C=O) groups is 3. The molecular weight excluding hydrogens is 428 g/mol. The number of anilines is 1. The van der Waals surface area contributed by atoms with Crippen molar-refractivity contribution in [2.45, 2.75) is 58.4 Å². The minimum Gasteiger partial charge on any atom is -0.494 e. The molecule has 2 aromatic rings. The molecule has 0 spiro atoms. The molecule has 6 nitrogen and oxygen atoms in total. The second-order valence-electron chi connectivity index (χ2n) is 8.94. The van der Waals surface area contributed by atoms with Crippen molar-refractivity contribution in [3.05, 3.63) is 71.3 Å². The van der Waals surface area contributed by atoms with Crippen molar-refractivity contribution < 1.29 is 19.1 Å². The van der Waals surface area contributed by atoms with Gasteiger partial charge in [0.25, 0.3) is 11.8 Å². The van der Waals surface area contributed by atoms with Crippen LogP contribution in [0.15, 0.2) is 60.2 Å². The Labute approximate surface area is 201 Å². The summed E-state index contributed by atoms with van der Waals surface area (Å²) in [7, 11) is 0. The smallest absolute Gasteiger partial charge is 0.257 e. The Hall–Kier alpha value is -3.41. The van der Waals surface area contributed by atoms with Crippen LogP contribution >= 0.6 is 0 Å². The van der Waals surface area contributed by atoms with E-state index in [9.17, 15) is 14.4 Å². The molecule has 1 fully saturated rings. The number of aryl methyl sites for hydroxylation is 1. The third-order valence-corrected chi connectivity index (χ3v) is 6.52. The number of benzene rings is 2. The van der Waals surface area contributed by atoms with Gasteiger partial charge in [-0.15, -0.1) is 0 Å². The molecule has 0 N–H and O–H groups in total. The van der Waals surface area contributed by atoms with E-state index in [2.05, 4.69) is 6.08 Å². The third-order valence-electron chi connectivity index (χ3n) is 6.52. The van der Waals surface area contributed by atoms with Gasteiger partial charge in [0.15, 0.2) is 0 Å². The molecule has 0 aromatic heterocycles. The minimum absolute atomic E-state index is 0.0112. The van der Waals surface area contributed by atoms with Crippen LogP contribution in [0.1, 0.15) is 61.4 Å². The first kappa shape index (κ1) is 23.7. The summed E-state index contributed by atoms with van der Waals surface area (Å²) < 4.78 is 5.47. The molecule has 1 heterocycles. The fourth-order valence-electron chi connectivity index (χ4n) is 4.65. The summed E-state index contributed by atoms with van der Waals surface area (Å²) in [6.07, 6.45) is 7.41. The van der Waals surface area contributed by atoms with Gasteiger partial charge in [-0.05, 0) is 82.3 Å². The van der Waals surface area contributed by atoms with Crippen molar-refractivity contribution in [2.75, 3.05) is 18.1 Å². The molecule has 3 amide bonds. The largest absolute Gasteiger partial charge is 0.494 e. The lowest BCUT2D eigenvalue weighted by Crippen LogP contribution is -2.46.